The molecule has 0 atom stereocenters. The summed E-state index contributed by atoms with van der Waals surface area (Å²) in [6.45, 7) is 3.94. The minimum Gasteiger partial charge on any atom is -0.492 e. The lowest BCUT2D eigenvalue weighted by molar-refractivity contribution is 0.317. The van der Waals surface area contributed by atoms with E-state index < -0.39 is 0 Å². The van der Waals surface area contributed by atoms with Crippen LogP contribution in [0.15, 0.2) is 67.0 Å². The van der Waals surface area contributed by atoms with Crippen LogP contribution in [-0.2, 0) is 6.54 Å². The molecule has 0 radical (unpaired) electrons. The van der Waals surface area contributed by atoms with Gasteiger partial charge in [-0.25, -0.2) is 4.39 Å². The number of nitrogens with zero attached hydrogens (tertiary/aromatic N) is 1. The van der Waals surface area contributed by atoms with Gasteiger partial charge in [-0.3, -0.25) is 4.98 Å². The normalized spacial score (nSPS) is 10.7. The quantitative estimate of drug-likeness (QED) is 0.407. The van der Waals surface area contributed by atoms with Crippen molar-refractivity contribution in [3.63, 3.8) is 0 Å². The van der Waals surface area contributed by atoms with Crippen LogP contribution < -0.4 is 10.1 Å². The number of hydrogen-bond donors (Lipinski definition) is 2. The van der Waals surface area contributed by atoms with Crippen molar-refractivity contribution in [3.05, 3.63) is 84.1 Å². The lowest BCUT2D eigenvalue weighted by Crippen LogP contribution is -2.20. The lowest BCUT2D eigenvalue weighted by atomic mass is 10.1. The molecule has 2 heterocycles. The number of ether oxygens (including phenoxy) is 1. The standard InChI is InChI=1S/C23H22FN3O.ClH/c1-16-11-20-22(27-16)7-4-8-23(20)28-10-9-25-13-17-12-18(15-26-14-17)19-5-2-3-6-21(19)24;/h2-8,11-12,14-15,25,27H,9-10,13H2,1H3;1H. The molecule has 4 aromatic rings. The molecule has 0 spiro atoms. The molecule has 0 aliphatic rings. The second kappa shape index (κ2) is 9.54. The van der Waals surface area contributed by atoms with Crippen LogP contribution >= 0.6 is 12.4 Å². The minimum absolute atomic E-state index is 0. The summed E-state index contributed by atoms with van der Waals surface area (Å²) in [5, 5.41) is 4.45. The van der Waals surface area contributed by atoms with E-state index in [0.717, 1.165) is 33.5 Å². The van der Waals surface area contributed by atoms with Crippen molar-refractivity contribution >= 4 is 23.3 Å². The Morgan fingerprint density at radius 3 is 2.79 bits per heavy atom. The van der Waals surface area contributed by atoms with Gasteiger partial charge in [-0.15, -0.1) is 12.4 Å². The first-order chi connectivity index (χ1) is 13.7. The molecule has 0 aliphatic heterocycles. The van der Waals surface area contributed by atoms with E-state index >= 15 is 0 Å². The van der Waals surface area contributed by atoms with Crippen molar-refractivity contribution in [3.8, 4) is 16.9 Å². The molecule has 4 rings (SSSR count). The van der Waals surface area contributed by atoms with Crippen molar-refractivity contribution in [2.45, 2.75) is 13.5 Å². The van der Waals surface area contributed by atoms with E-state index in [1.807, 2.05) is 37.3 Å². The highest BCUT2D eigenvalue weighted by Gasteiger charge is 2.06. The Kier molecular flexibility index (Phi) is 6.86. The van der Waals surface area contributed by atoms with E-state index in [9.17, 15) is 4.39 Å². The van der Waals surface area contributed by atoms with Gasteiger partial charge in [-0.1, -0.05) is 24.3 Å². The smallest absolute Gasteiger partial charge is 0.131 e. The number of fused-ring (bicyclic) bond motifs is 1. The van der Waals surface area contributed by atoms with Gasteiger partial charge in [0, 0.05) is 53.2 Å². The molecule has 29 heavy (non-hydrogen) atoms. The number of aryl methyl sites for hydroxylation is 1. The van der Waals surface area contributed by atoms with Crippen LogP contribution in [0.2, 0.25) is 0 Å². The predicted octanol–water partition coefficient (Wildman–Crippen LogP) is 5.27. The van der Waals surface area contributed by atoms with Crippen LogP contribution in [0, 0.1) is 12.7 Å². The molecule has 2 aromatic carbocycles. The van der Waals surface area contributed by atoms with Gasteiger partial charge in [0.15, 0.2) is 0 Å². The third-order valence-corrected chi connectivity index (χ3v) is 4.60. The Morgan fingerprint density at radius 2 is 1.93 bits per heavy atom. The molecular weight excluding hydrogens is 389 g/mol. The van der Waals surface area contributed by atoms with Gasteiger partial charge in [-0.05, 0) is 42.8 Å². The van der Waals surface area contributed by atoms with E-state index in [1.165, 1.54) is 6.07 Å². The number of aromatic amines is 1. The first-order valence-corrected chi connectivity index (χ1v) is 9.31. The molecule has 0 fully saturated rings. The first-order valence-electron chi connectivity index (χ1n) is 9.31. The molecule has 0 aliphatic carbocycles. The number of halogens is 2. The first kappa shape index (κ1) is 20.8. The highest BCUT2D eigenvalue weighted by molar-refractivity contribution is 5.86. The maximum absolute atomic E-state index is 14.0. The third kappa shape index (κ3) is 4.94. The maximum atomic E-state index is 14.0. The number of nitrogens with one attached hydrogen (secondary N) is 2. The van der Waals surface area contributed by atoms with Gasteiger partial charge < -0.3 is 15.0 Å². The number of H-pyrrole nitrogens is 1. The van der Waals surface area contributed by atoms with Crippen LogP contribution in [0.5, 0.6) is 5.75 Å². The van der Waals surface area contributed by atoms with E-state index in [0.29, 0.717) is 25.3 Å². The Balaban J connectivity index is 0.00000240. The van der Waals surface area contributed by atoms with E-state index in [4.69, 9.17) is 4.74 Å². The van der Waals surface area contributed by atoms with Crippen LogP contribution in [-0.4, -0.2) is 23.1 Å². The average Bonchev–Trinajstić information content (AvgIpc) is 3.09. The van der Waals surface area contributed by atoms with E-state index in [-0.39, 0.29) is 18.2 Å². The van der Waals surface area contributed by atoms with Gasteiger partial charge in [0.05, 0.1) is 0 Å². The number of aromatic nitrogens is 2. The molecule has 2 aromatic heterocycles. The molecule has 0 saturated heterocycles. The van der Waals surface area contributed by atoms with Crippen molar-refractivity contribution < 1.29 is 9.13 Å². The monoisotopic (exact) mass is 411 g/mol. The topological polar surface area (TPSA) is 49.9 Å². The molecule has 4 nitrogen and oxygen atoms in total. The maximum Gasteiger partial charge on any atom is 0.131 e. The summed E-state index contributed by atoms with van der Waals surface area (Å²) < 4.78 is 19.9. The Hall–Kier alpha value is -2.89. The fourth-order valence-electron chi connectivity index (χ4n) is 3.29. The summed E-state index contributed by atoms with van der Waals surface area (Å²) in [7, 11) is 0. The number of rotatable bonds is 7. The summed E-state index contributed by atoms with van der Waals surface area (Å²) in [6, 6.07) is 16.8. The van der Waals surface area contributed by atoms with Crippen LogP contribution in [0.25, 0.3) is 22.0 Å². The molecule has 2 N–H and O–H groups in total. The van der Waals surface area contributed by atoms with Gasteiger partial charge >= 0.3 is 0 Å². The second-order valence-electron chi connectivity index (χ2n) is 6.76. The molecule has 150 valence electrons. The second-order valence-corrected chi connectivity index (χ2v) is 6.76. The largest absolute Gasteiger partial charge is 0.492 e. The third-order valence-electron chi connectivity index (χ3n) is 4.60. The summed E-state index contributed by atoms with van der Waals surface area (Å²) in [6.07, 6.45) is 3.48. The molecule has 0 unspecified atom stereocenters. The van der Waals surface area contributed by atoms with Gasteiger partial charge in [-0.2, -0.15) is 0 Å². The average molecular weight is 412 g/mol. The van der Waals surface area contributed by atoms with Gasteiger partial charge in [0.2, 0.25) is 0 Å². The summed E-state index contributed by atoms with van der Waals surface area (Å²) in [5.41, 5.74) is 4.55. The van der Waals surface area contributed by atoms with Crippen molar-refractivity contribution in [2.75, 3.05) is 13.2 Å². The SMILES string of the molecule is Cc1cc2c(OCCNCc3cncc(-c4ccccc4F)c3)cccc2[nH]1.Cl. The zero-order chi connectivity index (χ0) is 19.3. The summed E-state index contributed by atoms with van der Waals surface area (Å²) in [4.78, 5) is 7.56. The highest BCUT2D eigenvalue weighted by atomic mass is 35.5. The Labute approximate surface area is 175 Å². The zero-order valence-corrected chi connectivity index (χ0v) is 16.9. The van der Waals surface area contributed by atoms with Crippen LogP contribution in [0.4, 0.5) is 4.39 Å². The number of pyridine rings is 1. The zero-order valence-electron chi connectivity index (χ0n) is 16.1. The van der Waals surface area contributed by atoms with Crippen molar-refractivity contribution in [1.29, 1.82) is 0 Å². The molecular formula is C23H23ClFN3O. The number of hydrogen-bond acceptors (Lipinski definition) is 3. The van der Waals surface area contributed by atoms with Crippen molar-refractivity contribution in [2.24, 2.45) is 0 Å². The van der Waals surface area contributed by atoms with Gasteiger partial charge in [0.25, 0.3) is 0 Å². The van der Waals surface area contributed by atoms with Gasteiger partial charge in [0.1, 0.15) is 18.2 Å². The molecule has 0 amide bonds. The Bertz CT molecular complexity index is 1100. The number of benzene rings is 2. The fourth-order valence-corrected chi connectivity index (χ4v) is 3.29. The van der Waals surface area contributed by atoms with E-state index in [2.05, 4.69) is 21.4 Å². The summed E-state index contributed by atoms with van der Waals surface area (Å²) in [5.74, 6) is 0.642. The predicted molar refractivity (Wildman–Crippen MR) is 117 cm³/mol. The molecule has 0 bridgehead atoms. The highest BCUT2D eigenvalue weighted by Crippen LogP contribution is 2.26. The Morgan fingerprint density at radius 1 is 1.07 bits per heavy atom. The fraction of sp³-hybridized carbons (Fsp3) is 0.174. The van der Waals surface area contributed by atoms with Crippen molar-refractivity contribution in [1.82, 2.24) is 15.3 Å². The summed E-state index contributed by atoms with van der Waals surface area (Å²) >= 11 is 0. The van der Waals surface area contributed by atoms with Crippen LogP contribution in [0.3, 0.4) is 0 Å². The minimum atomic E-state index is -0.239. The lowest BCUT2D eigenvalue weighted by Gasteiger charge is -2.09. The van der Waals surface area contributed by atoms with E-state index in [1.54, 1.807) is 24.5 Å². The molecule has 0 saturated carbocycles. The molecule has 6 heteroatoms. The van der Waals surface area contributed by atoms with Crippen LogP contribution in [0.1, 0.15) is 11.3 Å².